The second kappa shape index (κ2) is 7.79. The van der Waals surface area contributed by atoms with Gasteiger partial charge in [0.2, 0.25) is 0 Å². The molecule has 2 N–H and O–H groups in total. The van der Waals surface area contributed by atoms with Gasteiger partial charge in [-0.05, 0) is 59.4 Å². The van der Waals surface area contributed by atoms with Gasteiger partial charge in [0, 0.05) is 11.6 Å². The first-order valence-electron chi connectivity index (χ1n) is 10.3. The van der Waals surface area contributed by atoms with E-state index in [1.165, 1.54) is 5.56 Å². The molecule has 5 rings (SSSR count). The first-order chi connectivity index (χ1) is 14.7. The number of allylic oxidation sites excluding steroid dienone is 2. The monoisotopic (exact) mass is 399 g/mol. The van der Waals surface area contributed by atoms with Gasteiger partial charge in [-0.25, -0.2) is 0 Å². The number of rotatable bonds is 5. The van der Waals surface area contributed by atoms with E-state index in [1.54, 1.807) is 13.2 Å². The first-order valence-corrected chi connectivity index (χ1v) is 10.3. The molecule has 0 aromatic heterocycles. The quantitative estimate of drug-likeness (QED) is 0.532. The molecule has 3 unspecified atom stereocenters. The van der Waals surface area contributed by atoms with Crippen LogP contribution in [0.5, 0.6) is 17.2 Å². The Balaban J connectivity index is 1.42. The second-order valence-corrected chi connectivity index (χ2v) is 7.93. The van der Waals surface area contributed by atoms with Crippen molar-refractivity contribution in [1.82, 2.24) is 0 Å². The van der Waals surface area contributed by atoms with E-state index in [0.29, 0.717) is 24.2 Å². The molecule has 0 spiro atoms. The minimum atomic E-state index is 0.156. The third kappa shape index (κ3) is 3.39. The van der Waals surface area contributed by atoms with Crippen LogP contribution in [0.1, 0.15) is 35.1 Å². The maximum atomic E-state index is 9.97. The number of nitrogens with one attached hydrogen (secondary N) is 1. The number of benzene rings is 3. The van der Waals surface area contributed by atoms with Crippen LogP contribution in [0.2, 0.25) is 0 Å². The van der Waals surface area contributed by atoms with Crippen LogP contribution < -0.4 is 14.8 Å². The number of hydrogen-bond acceptors (Lipinski definition) is 4. The number of anilines is 1. The lowest BCUT2D eigenvalue weighted by Gasteiger charge is -2.37. The van der Waals surface area contributed by atoms with E-state index in [2.05, 4.69) is 41.7 Å². The summed E-state index contributed by atoms with van der Waals surface area (Å²) >= 11 is 0. The molecular weight excluding hydrogens is 374 g/mol. The van der Waals surface area contributed by atoms with Crippen molar-refractivity contribution in [2.24, 2.45) is 5.92 Å². The molecule has 30 heavy (non-hydrogen) atoms. The van der Waals surface area contributed by atoms with Gasteiger partial charge in [-0.15, -0.1) is 0 Å². The summed E-state index contributed by atoms with van der Waals surface area (Å²) in [6, 6.07) is 22.3. The molecule has 4 nitrogen and oxygen atoms in total. The standard InChI is InChI=1S/C26H25NO3/c1-29-25-14-18(10-13-24(25)28)26-21-9-5-8-20(21)22-15-19(11-12-23(22)27-26)30-16-17-6-3-2-4-7-17/h2-8,10-15,20-21,26-28H,9,16H2,1H3. The van der Waals surface area contributed by atoms with Crippen LogP contribution in [-0.2, 0) is 6.61 Å². The Morgan fingerprint density at radius 3 is 2.73 bits per heavy atom. The highest BCUT2D eigenvalue weighted by atomic mass is 16.5. The minimum Gasteiger partial charge on any atom is -0.504 e. The molecule has 0 radical (unpaired) electrons. The zero-order valence-electron chi connectivity index (χ0n) is 16.9. The van der Waals surface area contributed by atoms with Gasteiger partial charge in [-0.3, -0.25) is 0 Å². The summed E-state index contributed by atoms with van der Waals surface area (Å²) in [5.74, 6) is 2.32. The summed E-state index contributed by atoms with van der Waals surface area (Å²) in [6.45, 7) is 0.562. The molecular formula is C26H25NO3. The predicted molar refractivity (Wildman–Crippen MR) is 118 cm³/mol. The predicted octanol–water partition coefficient (Wildman–Crippen LogP) is 5.81. The number of phenolic OH excluding ortho intramolecular Hbond substituents is 1. The van der Waals surface area contributed by atoms with Gasteiger partial charge >= 0.3 is 0 Å². The van der Waals surface area contributed by atoms with Crippen LogP contribution in [-0.4, -0.2) is 12.2 Å². The van der Waals surface area contributed by atoms with Gasteiger partial charge in [0.15, 0.2) is 11.5 Å². The number of hydrogen-bond donors (Lipinski definition) is 2. The topological polar surface area (TPSA) is 50.7 Å². The highest BCUT2D eigenvalue weighted by molar-refractivity contribution is 5.62. The van der Waals surface area contributed by atoms with Crippen LogP contribution >= 0.6 is 0 Å². The molecule has 2 aliphatic rings. The molecule has 0 bridgehead atoms. The Morgan fingerprint density at radius 1 is 1.03 bits per heavy atom. The van der Waals surface area contributed by atoms with Crippen molar-refractivity contribution in [1.29, 1.82) is 0 Å². The highest BCUT2D eigenvalue weighted by Gasteiger charge is 2.38. The normalized spacial score (nSPS) is 21.4. The van der Waals surface area contributed by atoms with Gasteiger partial charge in [0.05, 0.1) is 13.2 Å². The lowest BCUT2D eigenvalue weighted by atomic mass is 9.77. The number of methoxy groups -OCH3 is 1. The zero-order valence-corrected chi connectivity index (χ0v) is 16.9. The maximum Gasteiger partial charge on any atom is 0.160 e. The summed E-state index contributed by atoms with van der Waals surface area (Å²) < 4.78 is 11.4. The third-order valence-electron chi connectivity index (χ3n) is 6.15. The number of fused-ring (bicyclic) bond motifs is 3. The van der Waals surface area contributed by atoms with Crippen molar-refractivity contribution in [2.45, 2.75) is 25.0 Å². The molecule has 1 heterocycles. The number of phenols is 1. The molecule has 0 amide bonds. The van der Waals surface area contributed by atoms with E-state index >= 15 is 0 Å². The average Bonchev–Trinajstić information content (AvgIpc) is 3.28. The summed E-state index contributed by atoms with van der Waals surface area (Å²) in [4.78, 5) is 0. The van der Waals surface area contributed by atoms with Crippen LogP contribution in [0.3, 0.4) is 0 Å². The molecule has 1 aliphatic heterocycles. The Kier molecular flexibility index (Phi) is 4.83. The van der Waals surface area contributed by atoms with Crippen LogP contribution in [0.15, 0.2) is 78.9 Å². The van der Waals surface area contributed by atoms with Gasteiger partial charge in [-0.1, -0.05) is 48.6 Å². The Hall–Kier alpha value is -3.40. The fourth-order valence-electron chi connectivity index (χ4n) is 4.62. The fraction of sp³-hybridized carbons (Fsp3) is 0.231. The molecule has 3 atom stereocenters. The second-order valence-electron chi connectivity index (χ2n) is 7.93. The van der Waals surface area contributed by atoms with Crippen molar-refractivity contribution in [2.75, 3.05) is 12.4 Å². The van der Waals surface area contributed by atoms with Crippen molar-refractivity contribution in [3.63, 3.8) is 0 Å². The Morgan fingerprint density at radius 2 is 1.90 bits per heavy atom. The first kappa shape index (κ1) is 18.6. The van der Waals surface area contributed by atoms with Gasteiger partial charge in [0.1, 0.15) is 12.4 Å². The Labute approximate surface area is 176 Å². The van der Waals surface area contributed by atoms with Crippen molar-refractivity contribution < 1.29 is 14.6 Å². The van der Waals surface area contributed by atoms with Gasteiger partial charge in [0.25, 0.3) is 0 Å². The van der Waals surface area contributed by atoms with Gasteiger partial charge < -0.3 is 19.9 Å². The molecule has 0 fully saturated rings. The number of ether oxygens (including phenoxy) is 2. The third-order valence-corrected chi connectivity index (χ3v) is 6.15. The number of aromatic hydroxyl groups is 1. The maximum absolute atomic E-state index is 9.97. The molecule has 0 saturated heterocycles. The molecule has 4 heteroatoms. The molecule has 3 aromatic carbocycles. The SMILES string of the molecule is COc1cc(C2Nc3ccc(OCc4ccccc4)cc3C3C=CCC32)ccc1O. The van der Waals surface area contributed by atoms with Crippen LogP contribution in [0.25, 0.3) is 0 Å². The van der Waals surface area contributed by atoms with Crippen molar-refractivity contribution in [3.8, 4) is 17.2 Å². The van der Waals surface area contributed by atoms with Crippen molar-refractivity contribution >= 4 is 5.69 Å². The lowest BCUT2D eigenvalue weighted by molar-refractivity contribution is 0.305. The highest BCUT2D eigenvalue weighted by Crippen LogP contribution is 2.51. The van der Waals surface area contributed by atoms with Gasteiger partial charge in [-0.2, -0.15) is 0 Å². The Bertz CT molecular complexity index is 1080. The van der Waals surface area contributed by atoms with E-state index < -0.39 is 0 Å². The smallest absolute Gasteiger partial charge is 0.160 e. The fourth-order valence-corrected chi connectivity index (χ4v) is 4.62. The van der Waals surface area contributed by atoms with E-state index in [4.69, 9.17) is 9.47 Å². The molecule has 1 aliphatic carbocycles. The summed E-state index contributed by atoms with van der Waals surface area (Å²) in [5.41, 5.74) is 4.69. The zero-order chi connectivity index (χ0) is 20.5. The summed E-state index contributed by atoms with van der Waals surface area (Å²) in [6.07, 6.45) is 5.60. The lowest BCUT2D eigenvalue weighted by Crippen LogP contribution is -2.29. The van der Waals surface area contributed by atoms with E-state index in [-0.39, 0.29) is 11.8 Å². The molecule has 3 aromatic rings. The van der Waals surface area contributed by atoms with Crippen LogP contribution in [0, 0.1) is 5.92 Å². The summed E-state index contributed by atoms with van der Waals surface area (Å²) in [5, 5.41) is 13.7. The van der Waals surface area contributed by atoms with Crippen molar-refractivity contribution in [3.05, 3.63) is 95.6 Å². The molecule has 0 saturated carbocycles. The average molecular weight is 399 g/mol. The van der Waals surface area contributed by atoms with Crippen LogP contribution in [0.4, 0.5) is 5.69 Å². The largest absolute Gasteiger partial charge is 0.504 e. The van der Waals surface area contributed by atoms with E-state index in [1.807, 2.05) is 36.4 Å². The minimum absolute atomic E-state index is 0.156. The summed E-state index contributed by atoms with van der Waals surface area (Å²) in [7, 11) is 1.58. The molecule has 152 valence electrons. The van der Waals surface area contributed by atoms with E-state index in [9.17, 15) is 5.11 Å². The van der Waals surface area contributed by atoms with E-state index in [0.717, 1.165) is 29.0 Å².